The van der Waals surface area contributed by atoms with Crippen LogP contribution in [0.25, 0.3) is 21.9 Å². The van der Waals surface area contributed by atoms with E-state index < -0.39 is 56.5 Å². The number of anilines is 1. The van der Waals surface area contributed by atoms with Gasteiger partial charge < -0.3 is 29.9 Å². The third-order valence-electron chi connectivity index (χ3n) is 6.73. The zero-order chi connectivity index (χ0) is 30.2. The summed E-state index contributed by atoms with van der Waals surface area (Å²) in [5.41, 5.74) is 6.47. The van der Waals surface area contributed by atoms with Crippen molar-refractivity contribution < 1.29 is 38.1 Å². The number of fused-ring (bicyclic) bond motifs is 2. The standard InChI is InChI=1S/C27H33N6O8P/c1-14(2)38-27(36)15(3)32-42(37,41-19-11-7-9-17-8-5-6-10-18(17)19)40-16(4)23-21(34)22(35)26(39-23)33-13-31-20-24(28)29-12-30-25(20)33/h5-16,21-23,26,34-35H,1-4H3,(H,32,37)(H2,28,29,30)/t15-,16-,21-,22+,23+,26+,42?/m0/s1. The second-order valence-electron chi connectivity index (χ2n) is 10.3. The third kappa shape index (κ3) is 5.95. The summed E-state index contributed by atoms with van der Waals surface area (Å²) in [6.45, 7) is 6.36. The van der Waals surface area contributed by atoms with Crippen LogP contribution in [0, 0.1) is 0 Å². The van der Waals surface area contributed by atoms with Crippen molar-refractivity contribution in [2.45, 2.75) is 70.5 Å². The lowest BCUT2D eigenvalue weighted by Gasteiger charge is -2.29. The molecule has 3 heterocycles. The fourth-order valence-electron chi connectivity index (χ4n) is 4.75. The number of nitrogen functional groups attached to an aromatic ring is 1. The van der Waals surface area contributed by atoms with Crippen molar-refractivity contribution in [3.8, 4) is 5.75 Å². The molecule has 42 heavy (non-hydrogen) atoms. The Labute approximate surface area is 241 Å². The van der Waals surface area contributed by atoms with E-state index in [9.17, 15) is 19.6 Å². The monoisotopic (exact) mass is 600 g/mol. The van der Waals surface area contributed by atoms with Crippen LogP contribution in [0.15, 0.2) is 55.1 Å². The van der Waals surface area contributed by atoms with Crippen molar-refractivity contribution in [3.63, 3.8) is 0 Å². The van der Waals surface area contributed by atoms with E-state index in [1.54, 1.807) is 32.0 Å². The number of rotatable bonds is 10. The maximum absolute atomic E-state index is 14.3. The zero-order valence-electron chi connectivity index (χ0n) is 23.4. The number of carbonyl (C=O) groups is 1. The lowest BCUT2D eigenvalue weighted by Crippen LogP contribution is -2.41. The molecule has 5 rings (SSSR count). The second kappa shape index (κ2) is 11.9. The molecule has 2 aromatic heterocycles. The van der Waals surface area contributed by atoms with Crippen LogP contribution in [0.4, 0.5) is 5.82 Å². The predicted molar refractivity (Wildman–Crippen MR) is 152 cm³/mol. The number of ether oxygens (including phenoxy) is 2. The number of aliphatic hydroxyl groups is 2. The highest BCUT2D eigenvalue weighted by atomic mass is 31.2. The Morgan fingerprint density at radius 1 is 1.07 bits per heavy atom. The van der Waals surface area contributed by atoms with Crippen molar-refractivity contribution in [1.82, 2.24) is 24.6 Å². The van der Waals surface area contributed by atoms with Gasteiger partial charge in [-0.2, -0.15) is 5.09 Å². The Balaban J connectivity index is 1.42. The molecule has 1 aliphatic heterocycles. The molecule has 0 saturated carbocycles. The van der Waals surface area contributed by atoms with Crippen molar-refractivity contribution in [1.29, 1.82) is 0 Å². The molecule has 4 aromatic rings. The fourth-order valence-corrected chi connectivity index (χ4v) is 6.46. The first-order valence-electron chi connectivity index (χ1n) is 13.4. The smallest absolute Gasteiger partial charge is 0.459 e. The number of benzene rings is 2. The summed E-state index contributed by atoms with van der Waals surface area (Å²) in [6.07, 6.45) is -4.10. The van der Waals surface area contributed by atoms with Crippen molar-refractivity contribution in [2.75, 3.05) is 5.73 Å². The van der Waals surface area contributed by atoms with Crippen LogP contribution < -0.4 is 15.3 Å². The lowest BCUT2D eigenvalue weighted by molar-refractivity contribution is -0.149. The molecule has 0 spiro atoms. The number of nitrogens with two attached hydrogens (primary N) is 1. The highest BCUT2D eigenvalue weighted by molar-refractivity contribution is 7.52. The van der Waals surface area contributed by atoms with Gasteiger partial charge in [0, 0.05) is 5.39 Å². The second-order valence-corrected chi connectivity index (χ2v) is 11.9. The summed E-state index contributed by atoms with van der Waals surface area (Å²) in [4.78, 5) is 24.8. The summed E-state index contributed by atoms with van der Waals surface area (Å²) in [5, 5.41) is 26.0. The van der Waals surface area contributed by atoms with Gasteiger partial charge in [0.25, 0.3) is 0 Å². The first-order chi connectivity index (χ1) is 20.0. The summed E-state index contributed by atoms with van der Waals surface area (Å²) in [7, 11) is -4.36. The SMILES string of the molecule is CC(C)OC(=O)[C@H](C)NP(=O)(Oc1cccc2ccccc12)O[C@@H](C)[C@H]1O[C@@H](n2cnc3c(N)ncnc32)[C@H](O)[C@@H]1O. The minimum atomic E-state index is -4.36. The minimum absolute atomic E-state index is 0.141. The topological polar surface area (TPSA) is 193 Å². The molecule has 1 fully saturated rings. The van der Waals surface area contributed by atoms with E-state index in [1.165, 1.54) is 31.1 Å². The Kier molecular flexibility index (Phi) is 8.46. The van der Waals surface area contributed by atoms with Gasteiger partial charge in [-0.1, -0.05) is 36.4 Å². The van der Waals surface area contributed by atoms with E-state index >= 15 is 0 Å². The molecule has 1 saturated heterocycles. The Morgan fingerprint density at radius 3 is 2.57 bits per heavy atom. The average molecular weight is 601 g/mol. The molecule has 14 nitrogen and oxygen atoms in total. The molecule has 7 atom stereocenters. The van der Waals surface area contributed by atoms with E-state index in [2.05, 4.69) is 20.0 Å². The Bertz CT molecular complexity index is 1630. The molecule has 2 aromatic carbocycles. The van der Waals surface area contributed by atoms with E-state index in [0.717, 1.165) is 5.39 Å². The first kappa shape index (κ1) is 29.8. The number of esters is 1. The quantitative estimate of drug-likeness (QED) is 0.153. The largest absolute Gasteiger partial charge is 0.462 e. The maximum atomic E-state index is 14.3. The van der Waals surface area contributed by atoms with Gasteiger partial charge in [-0.15, -0.1) is 0 Å². The van der Waals surface area contributed by atoms with Crippen LogP contribution in [0.1, 0.15) is 33.9 Å². The summed E-state index contributed by atoms with van der Waals surface area (Å²) >= 11 is 0. The van der Waals surface area contributed by atoms with Gasteiger partial charge in [-0.3, -0.25) is 13.9 Å². The van der Waals surface area contributed by atoms with Crippen LogP contribution in [0.3, 0.4) is 0 Å². The molecule has 1 aliphatic rings. The number of nitrogens with zero attached hydrogens (tertiary/aromatic N) is 4. The van der Waals surface area contributed by atoms with Crippen molar-refractivity contribution in [2.24, 2.45) is 0 Å². The number of carbonyl (C=O) groups excluding carboxylic acids is 1. The minimum Gasteiger partial charge on any atom is -0.462 e. The molecular weight excluding hydrogens is 567 g/mol. The molecule has 0 amide bonds. The van der Waals surface area contributed by atoms with Crippen LogP contribution >= 0.6 is 7.75 Å². The summed E-state index contributed by atoms with van der Waals surface area (Å²) < 4.78 is 38.9. The molecule has 0 radical (unpaired) electrons. The van der Waals surface area contributed by atoms with Gasteiger partial charge in [0.1, 0.15) is 41.9 Å². The lowest BCUT2D eigenvalue weighted by atomic mass is 10.1. The molecule has 224 valence electrons. The van der Waals surface area contributed by atoms with Gasteiger partial charge in [-0.25, -0.2) is 19.5 Å². The number of nitrogens with one attached hydrogen (secondary N) is 1. The molecule has 0 bridgehead atoms. The fraction of sp³-hybridized carbons (Fsp3) is 0.407. The zero-order valence-corrected chi connectivity index (χ0v) is 24.3. The summed E-state index contributed by atoms with van der Waals surface area (Å²) in [6, 6.07) is 11.5. The highest BCUT2D eigenvalue weighted by Gasteiger charge is 2.49. The van der Waals surface area contributed by atoms with Crippen LogP contribution in [-0.4, -0.2) is 72.3 Å². The molecular formula is C27H33N6O8P. The van der Waals surface area contributed by atoms with E-state index in [4.69, 9.17) is 24.3 Å². The van der Waals surface area contributed by atoms with Gasteiger partial charge in [-0.05, 0) is 39.1 Å². The summed E-state index contributed by atoms with van der Waals surface area (Å²) in [5.74, 6) is -0.278. The van der Waals surface area contributed by atoms with Gasteiger partial charge in [0.15, 0.2) is 17.7 Å². The van der Waals surface area contributed by atoms with Crippen molar-refractivity contribution >= 4 is 41.5 Å². The van der Waals surface area contributed by atoms with Gasteiger partial charge in [0.2, 0.25) is 0 Å². The van der Waals surface area contributed by atoms with Crippen LogP contribution in [-0.2, 0) is 23.4 Å². The maximum Gasteiger partial charge on any atom is 0.459 e. The number of hydrogen-bond acceptors (Lipinski definition) is 12. The molecule has 15 heteroatoms. The average Bonchev–Trinajstić information content (AvgIpc) is 3.50. The van der Waals surface area contributed by atoms with Crippen LogP contribution in [0.2, 0.25) is 0 Å². The van der Waals surface area contributed by atoms with E-state index in [0.29, 0.717) is 10.9 Å². The predicted octanol–water partition coefficient (Wildman–Crippen LogP) is 2.70. The number of imidazole rings is 1. The highest BCUT2D eigenvalue weighted by Crippen LogP contribution is 2.49. The Morgan fingerprint density at radius 2 is 1.81 bits per heavy atom. The normalized spacial score (nSPS) is 23.6. The third-order valence-corrected chi connectivity index (χ3v) is 8.48. The Hall–Kier alpha value is -3.65. The molecule has 5 N–H and O–H groups in total. The van der Waals surface area contributed by atoms with Crippen LogP contribution in [0.5, 0.6) is 5.75 Å². The first-order valence-corrected chi connectivity index (χ1v) is 14.9. The van der Waals surface area contributed by atoms with E-state index in [1.807, 2.05) is 24.3 Å². The van der Waals surface area contributed by atoms with E-state index in [-0.39, 0.29) is 17.2 Å². The number of aromatic nitrogens is 4. The number of hydrogen-bond donors (Lipinski definition) is 4. The van der Waals surface area contributed by atoms with Gasteiger partial charge >= 0.3 is 13.7 Å². The molecule has 1 unspecified atom stereocenters. The van der Waals surface area contributed by atoms with Crippen molar-refractivity contribution in [3.05, 3.63) is 55.1 Å². The molecule has 0 aliphatic carbocycles. The number of aliphatic hydroxyl groups excluding tert-OH is 2. The van der Waals surface area contributed by atoms with Gasteiger partial charge in [0.05, 0.1) is 18.5 Å².